The molecule has 0 bridgehead atoms. The van der Waals surface area contributed by atoms with Gasteiger partial charge in [0, 0.05) is 6.04 Å². The van der Waals surface area contributed by atoms with Crippen molar-refractivity contribution in [3.8, 4) is 11.6 Å². The van der Waals surface area contributed by atoms with Crippen LogP contribution in [-0.2, 0) is 11.2 Å². The monoisotopic (exact) mass is 273 g/mol. The van der Waals surface area contributed by atoms with E-state index >= 15 is 0 Å². The van der Waals surface area contributed by atoms with Crippen LogP contribution in [0.1, 0.15) is 5.56 Å². The van der Waals surface area contributed by atoms with E-state index < -0.39 is 8.07 Å². The highest BCUT2D eigenvalue weighted by Crippen LogP contribution is 2.16. The number of amides is 1. The first kappa shape index (κ1) is 13.7. The molecule has 1 heterocycles. The first-order valence-electron chi connectivity index (χ1n) is 6.48. The second-order valence-electron chi connectivity index (χ2n) is 5.78. The van der Waals surface area contributed by atoms with Gasteiger partial charge < -0.3 is 4.74 Å². The largest absolute Gasteiger partial charge is 0.446 e. The summed E-state index contributed by atoms with van der Waals surface area (Å²) in [4.78, 5) is 13.3. The molecule has 0 spiro atoms. The molecule has 1 atom stereocenters. The highest BCUT2D eigenvalue weighted by molar-refractivity contribution is 6.83. The lowest BCUT2D eigenvalue weighted by Gasteiger charge is -2.15. The quantitative estimate of drug-likeness (QED) is 0.612. The highest BCUT2D eigenvalue weighted by Gasteiger charge is 2.32. The molecule has 100 valence electrons. The summed E-state index contributed by atoms with van der Waals surface area (Å²) in [6.07, 6.45) is 0.471. The summed E-state index contributed by atoms with van der Waals surface area (Å²) in [6, 6.07) is 13.2. The first-order valence-corrected chi connectivity index (χ1v) is 9.98. The lowest BCUT2D eigenvalue weighted by atomic mass is 10.1. The molecular weight excluding hydrogens is 254 g/mol. The van der Waals surface area contributed by atoms with Crippen LogP contribution in [0.4, 0.5) is 4.79 Å². The van der Waals surface area contributed by atoms with Crippen molar-refractivity contribution in [2.45, 2.75) is 32.1 Å². The van der Waals surface area contributed by atoms with Gasteiger partial charge in [0.1, 0.15) is 14.7 Å². The van der Waals surface area contributed by atoms with Crippen molar-refractivity contribution in [1.82, 2.24) is 4.90 Å². The van der Waals surface area contributed by atoms with Gasteiger partial charge >= 0.3 is 6.09 Å². The molecule has 1 saturated heterocycles. The molecule has 1 fully saturated rings. The number of rotatable bonds is 2. The van der Waals surface area contributed by atoms with Crippen LogP contribution in [-0.4, -0.2) is 31.7 Å². The van der Waals surface area contributed by atoms with E-state index in [-0.39, 0.29) is 12.1 Å². The highest BCUT2D eigenvalue weighted by atomic mass is 28.3. The van der Waals surface area contributed by atoms with Gasteiger partial charge in [-0.2, -0.15) is 0 Å². The Kier molecular flexibility index (Phi) is 3.96. The zero-order valence-electron chi connectivity index (χ0n) is 11.6. The number of cyclic esters (lactones) is 1. The van der Waals surface area contributed by atoms with Crippen LogP contribution in [0.15, 0.2) is 30.3 Å². The van der Waals surface area contributed by atoms with Gasteiger partial charge in [-0.25, -0.2) is 9.69 Å². The minimum atomic E-state index is -1.49. The van der Waals surface area contributed by atoms with Gasteiger partial charge in [-0.05, 0) is 12.0 Å². The van der Waals surface area contributed by atoms with Crippen LogP contribution in [0, 0.1) is 11.6 Å². The Balaban J connectivity index is 2.11. The molecule has 0 N–H and O–H groups in total. The first-order chi connectivity index (χ1) is 8.96. The summed E-state index contributed by atoms with van der Waals surface area (Å²) in [6.45, 7) is 6.91. The van der Waals surface area contributed by atoms with E-state index in [1.807, 2.05) is 18.2 Å². The van der Waals surface area contributed by atoms with E-state index in [1.54, 1.807) is 4.90 Å². The van der Waals surface area contributed by atoms with Gasteiger partial charge in [0.05, 0.1) is 6.04 Å². The molecule has 1 aromatic carbocycles. The third-order valence-electron chi connectivity index (χ3n) is 2.83. The summed E-state index contributed by atoms with van der Waals surface area (Å²) in [5.41, 5.74) is 4.42. The molecular formula is C15H19NO2Si. The molecule has 1 unspecified atom stereocenters. The average Bonchev–Trinajstić information content (AvgIpc) is 2.68. The maximum atomic E-state index is 11.7. The predicted molar refractivity (Wildman–Crippen MR) is 78.2 cm³/mol. The van der Waals surface area contributed by atoms with Gasteiger partial charge in [-0.3, -0.25) is 0 Å². The van der Waals surface area contributed by atoms with Gasteiger partial charge in [0.2, 0.25) is 0 Å². The fourth-order valence-electron chi connectivity index (χ4n) is 1.86. The molecule has 2 rings (SSSR count). The Labute approximate surface area is 115 Å². The van der Waals surface area contributed by atoms with Crippen molar-refractivity contribution in [3.05, 3.63) is 35.9 Å². The zero-order chi connectivity index (χ0) is 13.9. The van der Waals surface area contributed by atoms with E-state index in [0.717, 1.165) is 6.42 Å². The van der Waals surface area contributed by atoms with Crippen molar-refractivity contribution in [1.29, 1.82) is 0 Å². The van der Waals surface area contributed by atoms with Crippen LogP contribution < -0.4 is 0 Å². The lowest BCUT2D eigenvalue weighted by Crippen LogP contribution is -2.32. The standard InChI is InChI=1S/C15H19NO2Si/c1-19(2,3)10-9-16-14(12-18-15(16)17)11-13-7-5-4-6-8-13/h4-8,14H,11-12H2,1-3H3. The van der Waals surface area contributed by atoms with Crippen LogP contribution >= 0.6 is 0 Å². The Hall–Kier alpha value is -1.73. The Bertz CT molecular complexity index is 510. The number of benzene rings is 1. The van der Waals surface area contributed by atoms with Crippen molar-refractivity contribution >= 4 is 14.2 Å². The third-order valence-corrected chi connectivity index (χ3v) is 3.69. The molecule has 1 aliphatic heterocycles. The lowest BCUT2D eigenvalue weighted by molar-refractivity contribution is 0.167. The second kappa shape index (κ2) is 5.50. The van der Waals surface area contributed by atoms with Gasteiger partial charge in [-0.15, -0.1) is 5.54 Å². The number of carbonyl (C=O) groups is 1. The molecule has 0 aliphatic carbocycles. The van der Waals surface area contributed by atoms with Crippen molar-refractivity contribution in [2.75, 3.05) is 6.61 Å². The smallest absolute Gasteiger partial charge is 0.421 e. The molecule has 3 nitrogen and oxygen atoms in total. The maximum absolute atomic E-state index is 11.7. The second-order valence-corrected chi connectivity index (χ2v) is 10.5. The van der Waals surface area contributed by atoms with E-state index in [4.69, 9.17) is 4.74 Å². The predicted octanol–water partition coefficient (Wildman–Crippen LogP) is 2.89. The Morgan fingerprint density at radius 2 is 2.00 bits per heavy atom. The van der Waals surface area contributed by atoms with Gasteiger partial charge in [0.25, 0.3) is 0 Å². The molecule has 0 radical (unpaired) electrons. The zero-order valence-corrected chi connectivity index (χ0v) is 12.6. The van der Waals surface area contributed by atoms with E-state index in [2.05, 4.69) is 43.4 Å². The summed E-state index contributed by atoms with van der Waals surface area (Å²) in [5.74, 6) is 0. The molecule has 19 heavy (non-hydrogen) atoms. The summed E-state index contributed by atoms with van der Waals surface area (Å²) in [5, 5.41) is 0. The number of carbonyl (C=O) groups excluding carboxylic acids is 1. The average molecular weight is 273 g/mol. The Morgan fingerprint density at radius 1 is 1.32 bits per heavy atom. The molecule has 0 aromatic heterocycles. The minimum Gasteiger partial charge on any atom is -0.446 e. The molecule has 1 aromatic rings. The van der Waals surface area contributed by atoms with Gasteiger partial charge in [-0.1, -0.05) is 50.0 Å². The summed E-state index contributed by atoms with van der Waals surface area (Å²) in [7, 11) is -1.49. The van der Waals surface area contributed by atoms with Crippen LogP contribution in [0.2, 0.25) is 19.6 Å². The molecule has 0 saturated carbocycles. The third kappa shape index (κ3) is 3.87. The van der Waals surface area contributed by atoms with E-state index in [1.165, 1.54) is 5.56 Å². The fourth-order valence-corrected chi connectivity index (χ4v) is 2.32. The maximum Gasteiger partial charge on any atom is 0.421 e. The Morgan fingerprint density at radius 3 is 2.63 bits per heavy atom. The van der Waals surface area contributed by atoms with Crippen LogP contribution in [0.3, 0.4) is 0 Å². The number of nitrogens with zero attached hydrogens (tertiary/aromatic N) is 1. The summed E-state index contributed by atoms with van der Waals surface area (Å²) < 4.78 is 5.12. The summed E-state index contributed by atoms with van der Waals surface area (Å²) >= 11 is 0. The molecule has 1 amide bonds. The number of hydrogen-bond donors (Lipinski definition) is 0. The van der Waals surface area contributed by atoms with Crippen LogP contribution in [0.5, 0.6) is 0 Å². The molecule has 4 heteroatoms. The van der Waals surface area contributed by atoms with Crippen molar-refractivity contribution < 1.29 is 9.53 Å². The van der Waals surface area contributed by atoms with Crippen molar-refractivity contribution in [2.24, 2.45) is 0 Å². The molecule has 1 aliphatic rings. The van der Waals surface area contributed by atoms with E-state index in [9.17, 15) is 4.79 Å². The van der Waals surface area contributed by atoms with Gasteiger partial charge in [0.15, 0.2) is 0 Å². The normalized spacial score (nSPS) is 18.8. The SMILES string of the molecule is C[Si](C)(C)C#CN1C(=O)OCC1Cc1ccccc1. The van der Waals surface area contributed by atoms with E-state index in [0.29, 0.717) is 6.61 Å². The van der Waals surface area contributed by atoms with Crippen molar-refractivity contribution in [3.63, 3.8) is 0 Å². The minimum absolute atomic E-state index is 0.0266. The topological polar surface area (TPSA) is 29.5 Å². The fraction of sp³-hybridized carbons (Fsp3) is 0.400. The van der Waals surface area contributed by atoms with Crippen LogP contribution in [0.25, 0.3) is 0 Å². The number of hydrogen-bond acceptors (Lipinski definition) is 2. The number of ether oxygens (including phenoxy) is 1.